The molecule has 13 nitrogen and oxygen atoms in total. The Kier molecular flexibility index (Phi) is 10.1. The van der Waals surface area contributed by atoms with Crippen LogP contribution in [0.1, 0.15) is 35.7 Å². The van der Waals surface area contributed by atoms with Crippen molar-refractivity contribution in [1.29, 1.82) is 0 Å². The molecule has 2 aromatic carbocycles. The number of aryl methyl sites for hydroxylation is 1. The van der Waals surface area contributed by atoms with Gasteiger partial charge in [0.1, 0.15) is 6.04 Å². The van der Waals surface area contributed by atoms with Gasteiger partial charge in [-0.15, -0.1) is 0 Å². The number of carboxylic acids is 1. The number of guanidine groups is 1. The van der Waals surface area contributed by atoms with Crippen LogP contribution in [0.2, 0.25) is 0 Å². The van der Waals surface area contributed by atoms with E-state index in [0.29, 0.717) is 24.6 Å². The lowest BCUT2D eigenvalue weighted by atomic mass is 10.1. The van der Waals surface area contributed by atoms with Gasteiger partial charge in [-0.1, -0.05) is 12.1 Å². The van der Waals surface area contributed by atoms with Crippen LogP contribution in [0.3, 0.4) is 0 Å². The van der Waals surface area contributed by atoms with E-state index in [1.54, 1.807) is 12.1 Å². The van der Waals surface area contributed by atoms with Gasteiger partial charge in [0.25, 0.3) is 5.91 Å². The van der Waals surface area contributed by atoms with Crippen molar-refractivity contribution in [1.82, 2.24) is 20.7 Å². The molecule has 0 bridgehead atoms. The zero-order valence-corrected chi connectivity index (χ0v) is 22.0. The van der Waals surface area contributed by atoms with Crippen LogP contribution < -0.4 is 26.0 Å². The minimum atomic E-state index is -4.23. The molecule has 0 saturated heterocycles. The number of nitrogens with zero attached hydrogens (tertiary/aromatic N) is 1. The van der Waals surface area contributed by atoms with Crippen molar-refractivity contribution in [3.05, 3.63) is 59.7 Å². The number of carbonyl (C=O) groups is 4. The molecule has 0 spiro atoms. The van der Waals surface area contributed by atoms with E-state index in [0.717, 1.165) is 18.5 Å². The highest BCUT2D eigenvalue weighted by Crippen LogP contribution is 2.14. The number of rotatable bonds is 11. The summed E-state index contributed by atoms with van der Waals surface area (Å²) in [5, 5.41) is 20.1. The van der Waals surface area contributed by atoms with E-state index in [2.05, 4.69) is 31.0 Å². The van der Waals surface area contributed by atoms with Gasteiger partial charge in [0.15, 0.2) is 5.96 Å². The first-order valence-electron chi connectivity index (χ1n) is 12.1. The molecule has 39 heavy (non-hydrogen) atoms. The summed E-state index contributed by atoms with van der Waals surface area (Å²) in [5.41, 5.74) is 1.44. The Morgan fingerprint density at radius 3 is 2.31 bits per heavy atom. The summed E-state index contributed by atoms with van der Waals surface area (Å²) in [7, 11) is -4.23. The first-order valence-corrected chi connectivity index (χ1v) is 13.6. The maximum absolute atomic E-state index is 12.6. The summed E-state index contributed by atoms with van der Waals surface area (Å²) in [5.74, 6) is -2.11. The van der Waals surface area contributed by atoms with Gasteiger partial charge in [0.05, 0.1) is 4.90 Å². The molecule has 0 saturated carbocycles. The van der Waals surface area contributed by atoms with Gasteiger partial charge < -0.3 is 21.1 Å². The maximum Gasteiger partial charge on any atom is 0.323 e. The number of aliphatic carboxylic acids is 1. The van der Waals surface area contributed by atoms with Crippen molar-refractivity contribution < 1.29 is 32.7 Å². The molecule has 2 aromatic rings. The summed E-state index contributed by atoms with van der Waals surface area (Å²) in [4.78, 5) is 51.4. The van der Waals surface area contributed by atoms with Crippen LogP contribution >= 0.6 is 0 Å². The predicted molar refractivity (Wildman–Crippen MR) is 143 cm³/mol. The molecule has 1 aliphatic rings. The first-order chi connectivity index (χ1) is 18.5. The molecular weight excluding hydrogens is 528 g/mol. The molecular formula is C25H30N6O7S. The van der Waals surface area contributed by atoms with Gasteiger partial charge in [-0.3, -0.25) is 29.5 Å². The molecule has 3 amide bonds. The highest BCUT2D eigenvalue weighted by Gasteiger charge is 2.26. The molecule has 1 atom stereocenters. The number of hydrogen-bond acceptors (Lipinski definition) is 8. The minimum absolute atomic E-state index is 0.184. The summed E-state index contributed by atoms with van der Waals surface area (Å²) in [6.45, 7) is 2.23. The highest BCUT2D eigenvalue weighted by molar-refractivity contribution is 7.89. The third-order valence-corrected chi connectivity index (χ3v) is 7.05. The average molecular weight is 559 g/mol. The fourth-order valence-corrected chi connectivity index (χ4v) is 4.73. The second-order valence-electron chi connectivity index (χ2n) is 8.68. The average Bonchev–Trinajstić information content (AvgIpc) is 2.90. The van der Waals surface area contributed by atoms with Crippen molar-refractivity contribution in [2.24, 2.45) is 4.99 Å². The van der Waals surface area contributed by atoms with E-state index >= 15 is 0 Å². The molecule has 1 unspecified atom stereocenters. The highest BCUT2D eigenvalue weighted by atomic mass is 32.2. The van der Waals surface area contributed by atoms with Crippen molar-refractivity contribution in [2.45, 2.75) is 37.1 Å². The molecule has 0 radical (unpaired) electrons. The van der Waals surface area contributed by atoms with E-state index in [9.17, 15) is 32.7 Å². The van der Waals surface area contributed by atoms with Crippen LogP contribution in [0.4, 0.5) is 5.69 Å². The number of anilines is 1. The predicted octanol–water partition coefficient (Wildman–Crippen LogP) is 0.205. The fraction of sp³-hybridized carbons (Fsp3) is 0.320. The van der Waals surface area contributed by atoms with Gasteiger partial charge >= 0.3 is 5.97 Å². The van der Waals surface area contributed by atoms with E-state index < -0.39 is 34.5 Å². The Balaban J connectivity index is 1.51. The monoisotopic (exact) mass is 558 g/mol. The van der Waals surface area contributed by atoms with Crippen LogP contribution in [0.5, 0.6) is 0 Å². The topological polar surface area (TPSA) is 195 Å². The van der Waals surface area contributed by atoms with Gasteiger partial charge in [-0.05, 0) is 54.8 Å². The summed E-state index contributed by atoms with van der Waals surface area (Å²) < 4.78 is 27.3. The molecule has 3 rings (SSSR count). The van der Waals surface area contributed by atoms with Crippen LogP contribution in [-0.2, 0) is 30.8 Å². The summed E-state index contributed by atoms with van der Waals surface area (Å²) in [6.07, 6.45) is 1.58. The lowest BCUT2D eigenvalue weighted by molar-refractivity contribution is -0.138. The molecule has 0 aromatic heterocycles. The number of carboxylic acid groups (broad SMARTS) is 1. The fourth-order valence-electron chi connectivity index (χ4n) is 3.54. The van der Waals surface area contributed by atoms with Crippen LogP contribution in [0.25, 0.3) is 0 Å². The van der Waals surface area contributed by atoms with E-state index in [-0.39, 0.29) is 28.7 Å². The number of sulfonamides is 1. The van der Waals surface area contributed by atoms with E-state index in [4.69, 9.17) is 0 Å². The first kappa shape index (κ1) is 29.3. The number of aliphatic imine (C=N–C) groups is 1. The molecule has 0 fully saturated rings. The minimum Gasteiger partial charge on any atom is -0.480 e. The van der Waals surface area contributed by atoms with E-state index in [1.807, 2.05) is 0 Å². The Morgan fingerprint density at radius 1 is 1.03 bits per heavy atom. The van der Waals surface area contributed by atoms with Crippen molar-refractivity contribution in [3.8, 4) is 0 Å². The van der Waals surface area contributed by atoms with Crippen molar-refractivity contribution in [2.75, 3.05) is 25.0 Å². The standard InChI is InChI=1S/C25H30N6O7S/c1-16(32)29-19-8-10-20(11-9-19)39(37,38)31-21(24(35)36)15-28-23(34)18-6-3-17(4-7-18)5-12-22(33)30-25-26-13-2-14-27-25/h3-4,6-11,21,31H,2,5,12-15H2,1H3,(H,28,34)(H,29,32)(H,35,36)(H2,26,27,30,33). The zero-order chi connectivity index (χ0) is 28.4. The second-order valence-corrected chi connectivity index (χ2v) is 10.4. The van der Waals surface area contributed by atoms with Crippen LogP contribution in [0.15, 0.2) is 58.4 Å². The normalized spacial score (nSPS) is 13.8. The third-order valence-electron chi connectivity index (χ3n) is 5.56. The number of carbonyl (C=O) groups excluding carboxylic acids is 3. The third kappa shape index (κ3) is 9.19. The number of nitrogens with one attached hydrogen (secondary N) is 5. The van der Waals surface area contributed by atoms with Gasteiger partial charge in [-0.25, -0.2) is 8.42 Å². The Bertz CT molecular complexity index is 1340. The maximum atomic E-state index is 12.6. The Morgan fingerprint density at radius 2 is 1.72 bits per heavy atom. The second kappa shape index (κ2) is 13.5. The van der Waals surface area contributed by atoms with Crippen molar-refractivity contribution in [3.63, 3.8) is 0 Å². The smallest absolute Gasteiger partial charge is 0.323 e. The summed E-state index contributed by atoms with van der Waals surface area (Å²) in [6, 6.07) is 9.97. The number of hydrogen-bond donors (Lipinski definition) is 6. The Labute approximate surface area is 225 Å². The SMILES string of the molecule is CC(=O)Nc1ccc(S(=O)(=O)NC(CNC(=O)c2ccc(CCC(=O)NC3=NCCCN3)cc2)C(=O)O)cc1. The molecule has 14 heteroatoms. The molecule has 208 valence electrons. The van der Waals surface area contributed by atoms with E-state index in [1.165, 1.54) is 43.3 Å². The van der Waals surface area contributed by atoms with Crippen molar-refractivity contribution >= 4 is 45.4 Å². The zero-order valence-electron chi connectivity index (χ0n) is 21.2. The van der Waals surface area contributed by atoms with Gasteiger partial charge in [-0.2, -0.15) is 4.72 Å². The molecule has 1 heterocycles. The number of amides is 3. The lowest BCUT2D eigenvalue weighted by Crippen LogP contribution is -2.48. The van der Waals surface area contributed by atoms with Gasteiger partial charge in [0.2, 0.25) is 21.8 Å². The van der Waals surface area contributed by atoms with Gasteiger partial charge in [0, 0.05) is 44.2 Å². The summed E-state index contributed by atoms with van der Waals surface area (Å²) >= 11 is 0. The lowest BCUT2D eigenvalue weighted by Gasteiger charge is -2.16. The van der Waals surface area contributed by atoms with Crippen LogP contribution in [0, 0.1) is 0 Å². The number of benzene rings is 2. The van der Waals surface area contributed by atoms with Crippen LogP contribution in [-0.4, -0.2) is 68.9 Å². The molecule has 1 aliphatic heterocycles. The largest absolute Gasteiger partial charge is 0.480 e. The quantitative estimate of drug-likeness (QED) is 0.225. The molecule has 0 aliphatic carbocycles. The Hall–Kier alpha value is -4.30. The molecule has 6 N–H and O–H groups in total.